The maximum Gasteiger partial charge on any atom is 0.119 e. The maximum absolute atomic E-state index is 6.47. The zero-order valence-electron chi connectivity index (χ0n) is 15.6. The Kier molecular flexibility index (Phi) is 5.04. The number of nitrogens with zero attached hydrogens (tertiary/aromatic N) is 2. The maximum atomic E-state index is 6.47. The van der Waals surface area contributed by atoms with Crippen LogP contribution in [0.1, 0.15) is 0 Å². The van der Waals surface area contributed by atoms with Crippen LogP contribution in [0.2, 0.25) is 5.02 Å². The molecule has 0 amide bonds. The third-order valence-electron chi connectivity index (χ3n) is 4.52. The second-order valence-corrected chi connectivity index (χ2v) is 6.65. The lowest BCUT2D eigenvalue weighted by Crippen LogP contribution is -2.00. The van der Waals surface area contributed by atoms with Crippen LogP contribution in [0.4, 0.5) is 0 Å². The molecule has 0 saturated carbocycles. The Labute approximate surface area is 168 Å². The van der Waals surface area contributed by atoms with Gasteiger partial charge in [0.15, 0.2) is 0 Å². The van der Waals surface area contributed by atoms with E-state index in [1.165, 1.54) is 0 Å². The van der Waals surface area contributed by atoms with E-state index in [1.807, 2.05) is 83.5 Å². The van der Waals surface area contributed by atoms with Crippen LogP contribution in [0.3, 0.4) is 0 Å². The first-order valence-corrected chi connectivity index (χ1v) is 9.21. The van der Waals surface area contributed by atoms with Gasteiger partial charge in [0, 0.05) is 11.1 Å². The number of para-hydroxylation sites is 1. The minimum absolute atomic E-state index is 0.631. The minimum atomic E-state index is 0.631. The molecule has 1 aromatic heterocycles. The van der Waals surface area contributed by atoms with Crippen LogP contribution in [0.5, 0.6) is 11.5 Å². The van der Waals surface area contributed by atoms with E-state index in [-0.39, 0.29) is 0 Å². The fraction of sp³-hybridized carbons (Fsp3) is 0.0870. The molecule has 0 fully saturated rings. The minimum Gasteiger partial charge on any atom is -0.497 e. The fourth-order valence-electron chi connectivity index (χ4n) is 3.10. The highest BCUT2D eigenvalue weighted by Crippen LogP contribution is 2.33. The zero-order chi connectivity index (χ0) is 19.5. The lowest BCUT2D eigenvalue weighted by Gasteiger charge is -2.10. The van der Waals surface area contributed by atoms with E-state index < -0.39 is 0 Å². The largest absolute Gasteiger partial charge is 0.497 e. The number of hydrogen-bond acceptors (Lipinski definition) is 3. The third kappa shape index (κ3) is 3.47. The van der Waals surface area contributed by atoms with E-state index in [2.05, 4.69) is 0 Å². The number of benzene rings is 3. The molecule has 0 spiro atoms. The topological polar surface area (TPSA) is 36.3 Å². The summed E-state index contributed by atoms with van der Waals surface area (Å²) in [5, 5.41) is 5.49. The van der Waals surface area contributed by atoms with Crippen molar-refractivity contribution in [2.45, 2.75) is 0 Å². The van der Waals surface area contributed by atoms with E-state index >= 15 is 0 Å². The second kappa shape index (κ2) is 7.79. The molecule has 4 nitrogen and oxygen atoms in total. The van der Waals surface area contributed by atoms with E-state index in [4.69, 9.17) is 26.2 Å². The van der Waals surface area contributed by atoms with E-state index in [0.29, 0.717) is 5.02 Å². The summed E-state index contributed by atoms with van der Waals surface area (Å²) in [5.74, 6) is 1.57. The number of rotatable bonds is 5. The van der Waals surface area contributed by atoms with Crippen molar-refractivity contribution in [3.63, 3.8) is 0 Å². The molecule has 4 rings (SSSR count). The van der Waals surface area contributed by atoms with E-state index in [0.717, 1.165) is 39.7 Å². The highest BCUT2D eigenvalue weighted by atomic mass is 35.5. The molecule has 0 N–H and O–H groups in total. The molecule has 0 atom stereocenters. The molecule has 0 aliphatic heterocycles. The lowest BCUT2D eigenvalue weighted by molar-refractivity contribution is 0.415. The molecule has 3 aromatic carbocycles. The summed E-state index contributed by atoms with van der Waals surface area (Å²) in [5.41, 5.74) is 4.52. The number of halogens is 1. The number of methoxy groups -OCH3 is 2. The Morgan fingerprint density at radius 3 is 2.07 bits per heavy atom. The van der Waals surface area contributed by atoms with Crippen molar-refractivity contribution >= 4 is 11.6 Å². The molecule has 0 unspecified atom stereocenters. The molecule has 5 heteroatoms. The summed E-state index contributed by atoms with van der Waals surface area (Å²) < 4.78 is 12.6. The van der Waals surface area contributed by atoms with Crippen molar-refractivity contribution in [1.29, 1.82) is 0 Å². The van der Waals surface area contributed by atoms with Crippen LogP contribution in [0.25, 0.3) is 28.2 Å². The summed E-state index contributed by atoms with van der Waals surface area (Å²) >= 11 is 6.47. The third-order valence-corrected chi connectivity index (χ3v) is 4.84. The van der Waals surface area contributed by atoms with Crippen molar-refractivity contribution in [3.8, 4) is 39.7 Å². The quantitative estimate of drug-likeness (QED) is 0.427. The number of ether oxygens (including phenoxy) is 2. The van der Waals surface area contributed by atoms with Crippen molar-refractivity contribution in [1.82, 2.24) is 9.78 Å². The fourth-order valence-corrected chi connectivity index (χ4v) is 3.32. The second-order valence-electron chi connectivity index (χ2n) is 6.24. The van der Waals surface area contributed by atoms with Gasteiger partial charge in [-0.05, 0) is 42.5 Å². The van der Waals surface area contributed by atoms with Crippen molar-refractivity contribution in [2.75, 3.05) is 14.2 Å². The molecular weight excluding hydrogens is 372 g/mol. The molecule has 0 saturated heterocycles. The van der Waals surface area contributed by atoms with Gasteiger partial charge < -0.3 is 9.47 Å². The highest BCUT2D eigenvalue weighted by molar-refractivity contribution is 6.32. The summed E-state index contributed by atoms with van der Waals surface area (Å²) in [7, 11) is 3.31. The highest BCUT2D eigenvalue weighted by Gasteiger charge is 2.15. The van der Waals surface area contributed by atoms with Crippen LogP contribution < -0.4 is 9.47 Å². The SMILES string of the molecule is COc1cccc(-c2cc(-c3cccc(OC)c3)n(-c3ccccc3Cl)n2)c1. The molecule has 140 valence electrons. The van der Waals surface area contributed by atoms with Crippen LogP contribution in [0.15, 0.2) is 78.9 Å². The molecule has 1 heterocycles. The van der Waals surface area contributed by atoms with Crippen LogP contribution in [-0.4, -0.2) is 24.0 Å². The Balaban J connectivity index is 1.92. The molecular formula is C23H19ClN2O2. The van der Waals surface area contributed by atoms with Gasteiger partial charge in [0.2, 0.25) is 0 Å². The Bertz CT molecular complexity index is 1120. The zero-order valence-corrected chi connectivity index (χ0v) is 16.4. The van der Waals surface area contributed by atoms with Gasteiger partial charge in [0.25, 0.3) is 0 Å². The standard InChI is InChI=1S/C23H19ClN2O2/c1-27-18-9-5-7-16(13-18)21-15-23(17-8-6-10-19(14-17)28-2)26(25-21)22-12-4-3-11-20(22)24/h3-15H,1-2H3. The molecule has 0 aliphatic carbocycles. The molecule has 0 aliphatic rings. The first-order valence-electron chi connectivity index (χ1n) is 8.83. The normalized spacial score (nSPS) is 10.7. The van der Waals surface area contributed by atoms with Gasteiger partial charge in [0.1, 0.15) is 11.5 Å². The van der Waals surface area contributed by atoms with Gasteiger partial charge in [0.05, 0.1) is 36.3 Å². The van der Waals surface area contributed by atoms with Crippen molar-refractivity contribution in [2.24, 2.45) is 0 Å². The molecule has 4 aromatic rings. The smallest absolute Gasteiger partial charge is 0.119 e. The van der Waals surface area contributed by atoms with Crippen molar-refractivity contribution < 1.29 is 9.47 Å². The number of hydrogen-bond donors (Lipinski definition) is 0. The number of aromatic nitrogens is 2. The Hall–Kier alpha value is -3.24. The Morgan fingerprint density at radius 2 is 1.39 bits per heavy atom. The monoisotopic (exact) mass is 390 g/mol. The average Bonchev–Trinajstić information content (AvgIpc) is 3.19. The molecule has 28 heavy (non-hydrogen) atoms. The van der Waals surface area contributed by atoms with Gasteiger partial charge in [-0.15, -0.1) is 0 Å². The first-order chi connectivity index (χ1) is 13.7. The van der Waals surface area contributed by atoms with Gasteiger partial charge in [-0.1, -0.05) is 48.0 Å². The Morgan fingerprint density at radius 1 is 0.750 bits per heavy atom. The van der Waals surface area contributed by atoms with Crippen LogP contribution >= 0.6 is 11.6 Å². The first kappa shape index (κ1) is 18.1. The van der Waals surface area contributed by atoms with Gasteiger partial charge >= 0.3 is 0 Å². The summed E-state index contributed by atoms with van der Waals surface area (Å²) in [6.07, 6.45) is 0. The summed E-state index contributed by atoms with van der Waals surface area (Å²) in [6.45, 7) is 0. The van der Waals surface area contributed by atoms with E-state index in [9.17, 15) is 0 Å². The molecule has 0 radical (unpaired) electrons. The van der Waals surface area contributed by atoms with Gasteiger partial charge in [-0.2, -0.15) is 5.10 Å². The van der Waals surface area contributed by atoms with E-state index in [1.54, 1.807) is 14.2 Å². The van der Waals surface area contributed by atoms with Gasteiger partial charge in [-0.25, -0.2) is 4.68 Å². The summed E-state index contributed by atoms with van der Waals surface area (Å²) in [6, 6.07) is 25.5. The van der Waals surface area contributed by atoms with Crippen molar-refractivity contribution in [3.05, 3.63) is 83.9 Å². The predicted molar refractivity (Wildman–Crippen MR) is 113 cm³/mol. The lowest BCUT2D eigenvalue weighted by atomic mass is 10.1. The van der Waals surface area contributed by atoms with Gasteiger partial charge in [-0.3, -0.25) is 0 Å². The van der Waals surface area contributed by atoms with Crippen LogP contribution in [-0.2, 0) is 0 Å². The predicted octanol–water partition coefficient (Wildman–Crippen LogP) is 5.88. The van der Waals surface area contributed by atoms with Crippen LogP contribution in [0, 0.1) is 0 Å². The summed E-state index contributed by atoms with van der Waals surface area (Å²) in [4.78, 5) is 0. The average molecular weight is 391 g/mol. The molecule has 0 bridgehead atoms.